The van der Waals surface area contributed by atoms with Crippen LogP contribution in [0.3, 0.4) is 0 Å². The van der Waals surface area contributed by atoms with Gasteiger partial charge in [-0.2, -0.15) is 0 Å². The fourth-order valence-corrected chi connectivity index (χ4v) is 2.57. The fraction of sp³-hybridized carbons (Fsp3) is 1.00. The van der Waals surface area contributed by atoms with Crippen molar-refractivity contribution in [2.45, 2.75) is 51.7 Å². The van der Waals surface area contributed by atoms with Crippen LogP contribution >= 0.6 is 0 Å². The Balaban J connectivity index is 1.61. The molecule has 2 heteroatoms. The summed E-state index contributed by atoms with van der Waals surface area (Å²) < 4.78 is 5.89. The van der Waals surface area contributed by atoms with E-state index in [9.17, 15) is 0 Å². The minimum atomic E-state index is 0.518. The largest absolute Gasteiger partial charge is 0.375 e. The van der Waals surface area contributed by atoms with Crippen molar-refractivity contribution in [3.63, 3.8) is 0 Å². The van der Waals surface area contributed by atoms with Gasteiger partial charge in [0.1, 0.15) is 0 Å². The van der Waals surface area contributed by atoms with E-state index >= 15 is 0 Å². The molecule has 1 aliphatic heterocycles. The first-order valence-corrected chi connectivity index (χ1v) is 6.17. The van der Waals surface area contributed by atoms with Crippen molar-refractivity contribution in [3.05, 3.63) is 0 Å². The zero-order valence-corrected chi connectivity index (χ0v) is 9.46. The lowest BCUT2D eigenvalue weighted by Gasteiger charge is -2.10. The summed E-state index contributed by atoms with van der Waals surface area (Å²) in [6.45, 7) is 6.81. The molecule has 4 unspecified atom stereocenters. The number of ether oxygens (including phenoxy) is 1. The molecule has 0 aromatic rings. The monoisotopic (exact) mass is 197 g/mol. The first-order valence-electron chi connectivity index (χ1n) is 6.17. The van der Waals surface area contributed by atoms with Crippen molar-refractivity contribution in [2.75, 3.05) is 13.1 Å². The van der Waals surface area contributed by atoms with Gasteiger partial charge in [-0.05, 0) is 57.5 Å². The highest BCUT2D eigenvalue weighted by Crippen LogP contribution is 2.45. The predicted octanol–water partition coefficient (Wildman–Crippen LogP) is 2.19. The molecule has 1 N–H and O–H groups in total. The average Bonchev–Trinajstić information content (AvgIpc) is 2.81. The highest BCUT2D eigenvalue weighted by molar-refractivity contribution is 4.95. The normalized spacial score (nSPS) is 41.6. The topological polar surface area (TPSA) is 21.3 Å². The molecule has 0 spiro atoms. The summed E-state index contributed by atoms with van der Waals surface area (Å²) in [5.74, 6) is 1.79. The van der Waals surface area contributed by atoms with Crippen LogP contribution in [0.5, 0.6) is 0 Å². The Labute approximate surface area is 87.4 Å². The van der Waals surface area contributed by atoms with E-state index in [2.05, 4.69) is 19.2 Å². The number of nitrogens with one attached hydrogen (secondary N) is 1. The molecule has 4 atom stereocenters. The first-order chi connectivity index (χ1) is 6.81. The zero-order valence-electron chi connectivity index (χ0n) is 9.46. The molecule has 1 saturated carbocycles. The smallest absolute Gasteiger partial charge is 0.0611 e. The van der Waals surface area contributed by atoms with Crippen LogP contribution in [0.2, 0.25) is 0 Å². The van der Waals surface area contributed by atoms with Gasteiger partial charge in [-0.3, -0.25) is 0 Å². The van der Waals surface area contributed by atoms with Crippen molar-refractivity contribution in [1.29, 1.82) is 0 Å². The third-order valence-electron chi connectivity index (χ3n) is 3.55. The molecule has 14 heavy (non-hydrogen) atoms. The van der Waals surface area contributed by atoms with Gasteiger partial charge in [0.05, 0.1) is 12.2 Å². The van der Waals surface area contributed by atoms with Crippen molar-refractivity contribution in [3.8, 4) is 0 Å². The standard InChI is InChI=1S/C12H23NO/c1-3-6-13-8-10-7-11(10)12-5-4-9(2)14-12/h9-13H,3-8H2,1-2H3. The second kappa shape index (κ2) is 4.63. The van der Waals surface area contributed by atoms with Gasteiger partial charge in [-0.25, -0.2) is 0 Å². The van der Waals surface area contributed by atoms with Crippen LogP contribution < -0.4 is 5.32 Å². The lowest BCUT2D eigenvalue weighted by atomic mass is 10.1. The minimum Gasteiger partial charge on any atom is -0.375 e. The van der Waals surface area contributed by atoms with Gasteiger partial charge in [-0.15, -0.1) is 0 Å². The molecular formula is C12H23NO. The molecule has 1 saturated heterocycles. The second-order valence-corrected chi connectivity index (χ2v) is 4.93. The van der Waals surface area contributed by atoms with Crippen LogP contribution in [-0.2, 0) is 4.74 Å². The van der Waals surface area contributed by atoms with E-state index in [1.165, 1.54) is 38.8 Å². The molecule has 0 bridgehead atoms. The van der Waals surface area contributed by atoms with Crippen LogP contribution in [0.4, 0.5) is 0 Å². The maximum Gasteiger partial charge on any atom is 0.0611 e. The molecule has 82 valence electrons. The van der Waals surface area contributed by atoms with Crippen LogP contribution in [-0.4, -0.2) is 25.3 Å². The van der Waals surface area contributed by atoms with Gasteiger partial charge in [0.2, 0.25) is 0 Å². The molecule has 0 radical (unpaired) electrons. The van der Waals surface area contributed by atoms with Gasteiger partial charge in [-0.1, -0.05) is 6.92 Å². The Morgan fingerprint density at radius 3 is 2.86 bits per heavy atom. The van der Waals surface area contributed by atoms with E-state index < -0.39 is 0 Å². The Morgan fingerprint density at radius 2 is 2.21 bits per heavy atom. The highest BCUT2D eigenvalue weighted by atomic mass is 16.5. The Hall–Kier alpha value is -0.0800. The quantitative estimate of drug-likeness (QED) is 0.682. The molecule has 2 aliphatic rings. The molecule has 2 nitrogen and oxygen atoms in total. The van der Waals surface area contributed by atoms with E-state index in [0.29, 0.717) is 12.2 Å². The van der Waals surface area contributed by atoms with Crippen molar-refractivity contribution in [2.24, 2.45) is 11.8 Å². The van der Waals surface area contributed by atoms with Gasteiger partial charge in [0.15, 0.2) is 0 Å². The third-order valence-corrected chi connectivity index (χ3v) is 3.55. The fourth-order valence-electron chi connectivity index (χ4n) is 2.57. The van der Waals surface area contributed by atoms with Crippen LogP contribution in [0.15, 0.2) is 0 Å². The molecule has 2 fully saturated rings. The van der Waals surface area contributed by atoms with Gasteiger partial charge < -0.3 is 10.1 Å². The number of rotatable bonds is 5. The average molecular weight is 197 g/mol. The Kier molecular flexibility index (Phi) is 3.45. The van der Waals surface area contributed by atoms with Crippen LogP contribution in [0, 0.1) is 11.8 Å². The number of hydrogen-bond donors (Lipinski definition) is 1. The lowest BCUT2D eigenvalue weighted by Crippen LogP contribution is -2.20. The molecule has 0 aromatic carbocycles. The Bertz CT molecular complexity index is 183. The Morgan fingerprint density at radius 1 is 1.36 bits per heavy atom. The maximum absolute atomic E-state index is 5.89. The number of hydrogen-bond acceptors (Lipinski definition) is 2. The molecule has 1 aliphatic carbocycles. The zero-order chi connectivity index (χ0) is 9.97. The van der Waals surface area contributed by atoms with E-state index in [1.54, 1.807) is 0 Å². The van der Waals surface area contributed by atoms with E-state index in [0.717, 1.165) is 11.8 Å². The lowest BCUT2D eigenvalue weighted by molar-refractivity contribution is 0.0397. The van der Waals surface area contributed by atoms with Gasteiger partial charge in [0.25, 0.3) is 0 Å². The summed E-state index contributed by atoms with van der Waals surface area (Å²) in [7, 11) is 0. The van der Waals surface area contributed by atoms with Gasteiger partial charge in [0, 0.05) is 0 Å². The summed E-state index contributed by atoms with van der Waals surface area (Å²) in [6.07, 6.45) is 6.33. The van der Waals surface area contributed by atoms with E-state index in [-0.39, 0.29) is 0 Å². The summed E-state index contributed by atoms with van der Waals surface area (Å²) in [4.78, 5) is 0. The maximum atomic E-state index is 5.89. The predicted molar refractivity (Wildman–Crippen MR) is 58.3 cm³/mol. The second-order valence-electron chi connectivity index (χ2n) is 4.93. The summed E-state index contributed by atoms with van der Waals surface area (Å²) >= 11 is 0. The minimum absolute atomic E-state index is 0.518. The van der Waals surface area contributed by atoms with Crippen LogP contribution in [0.1, 0.15) is 39.5 Å². The van der Waals surface area contributed by atoms with Gasteiger partial charge >= 0.3 is 0 Å². The summed E-state index contributed by atoms with van der Waals surface area (Å²) in [6, 6.07) is 0. The SMILES string of the molecule is CCCNCC1CC1C1CCC(C)O1. The molecule has 2 rings (SSSR count). The van der Waals surface area contributed by atoms with Crippen molar-refractivity contribution < 1.29 is 4.74 Å². The van der Waals surface area contributed by atoms with Crippen LogP contribution in [0.25, 0.3) is 0 Å². The molecular weight excluding hydrogens is 174 g/mol. The first kappa shape index (κ1) is 10.4. The summed E-state index contributed by atoms with van der Waals surface area (Å²) in [5, 5.41) is 3.51. The molecule has 1 heterocycles. The van der Waals surface area contributed by atoms with E-state index in [1.807, 2.05) is 0 Å². The summed E-state index contributed by atoms with van der Waals surface area (Å²) in [5.41, 5.74) is 0. The van der Waals surface area contributed by atoms with E-state index in [4.69, 9.17) is 4.74 Å². The molecule has 0 amide bonds. The van der Waals surface area contributed by atoms with Crippen molar-refractivity contribution >= 4 is 0 Å². The molecule has 0 aromatic heterocycles. The highest BCUT2D eigenvalue weighted by Gasteiger charge is 2.45. The van der Waals surface area contributed by atoms with Crippen molar-refractivity contribution in [1.82, 2.24) is 5.32 Å². The third kappa shape index (κ3) is 2.48.